The van der Waals surface area contributed by atoms with Gasteiger partial charge in [0.1, 0.15) is 18.3 Å². The summed E-state index contributed by atoms with van der Waals surface area (Å²) in [7, 11) is 0. The average molecular weight is 204 g/mol. The lowest BCUT2D eigenvalue weighted by Gasteiger charge is -2.36. The molecule has 1 aliphatic rings. The molecule has 4 N–H and O–H groups in total. The molecule has 0 saturated carbocycles. The van der Waals surface area contributed by atoms with E-state index in [1.165, 1.54) is 6.92 Å². The van der Waals surface area contributed by atoms with Crippen LogP contribution in [0.25, 0.3) is 0 Å². The molecule has 6 heteroatoms. The fourth-order valence-corrected chi connectivity index (χ4v) is 1.31. The zero-order valence-corrected chi connectivity index (χ0v) is 7.80. The van der Waals surface area contributed by atoms with Crippen molar-refractivity contribution in [2.75, 3.05) is 13.2 Å². The van der Waals surface area contributed by atoms with Gasteiger partial charge in [-0.05, 0) is 0 Å². The molecule has 14 heavy (non-hydrogen) atoms. The highest BCUT2D eigenvalue weighted by atomic mass is 16.5. The normalized spacial score (nSPS) is 34.1. The van der Waals surface area contributed by atoms with Crippen LogP contribution in [-0.2, 0) is 9.53 Å². The molecule has 1 radical (unpaired) electrons. The van der Waals surface area contributed by atoms with E-state index in [0.717, 1.165) is 0 Å². The number of rotatable bonds is 2. The van der Waals surface area contributed by atoms with E-state index < -0.39 is 18.2 Å². The van der Waals surface area contributed by atoms with Crippen LogP contribution in [0.2, 0.25) is 0 Å². The van der Waals surface area contributed by atoms with Crippen LogP contribution in [0, 0.1) is 6.10 Å². The maximum atomic E-state index is 10.7. The fraction of sp³-hybridized carbons (Fsp3) is 0.750. The van der Waals surface area contributed by atoms with Crippen LogP contribution >= 0.6 is 0 Å². The maximum absolute atomic E-state index is 10.7. The van der Waals surface area contributed by atoms with Crippen molar-refractivity contribution in [3.8, 4) is 0 Å². The Hall–Kier alpha value is -0.690. The molecular weight excluding hydrogens is 190 g/mol. The molecule has 1 amide bonds. The highest BCUT2D eigenvalue weighted by Crippen LogP contribution is 2.20. The number of amides is 1. The topological polar surface area (TPSA) is 99.0 Å². The predicted molar refractivity (Wildman–Crippen MR) is 45.6 cm³/mol. The summed E-state index contributed by atoms with van der Waals surface area (Å²) >= 11 is 0. The third-order valence-electron chi connectivity index (χ3n) is 2.05. The SMILES string of the molecule is CC(=O)N[C@@H]1CO[C@H](CO)[C@@H](O)[C]1O. The summed E-state index contributed by atoms with van der Waals surface area (Å²) in [6.07, 6.45) is -2.35. The van der Waals surface area contributed by atoms with Gasteiger partial charge in [0.2, 0.25) is 5.91 Å². The standard InChI is InChI=1S/C8H14NO5/c1-4(11)9-5-3-14-6(2-10)8(13)7(5)12/h5-6,8,10,12-13H,2-3H2,1H3,(H,9,11)/t5-,6-,8-/m1/s1. The zero-order chi connectivity index (χ0) is 10.7. The first-order valence-electron chi connectivity index (χ1n) is 4.29. The predicted octanol–water partition coefficient (Wildman–Crippen LogP) is -1.85. The van der Waals surface area contributed by atoms with Crippen LogP contribution in [0.5, 0.6) is 0 Å². The van der Waals surface area contributed by atoms with E-state index in [1.807, 2.05) is 0 Å². The van der Waals surface area contributed by atoms with Gasteiger partial charge in [-0.1, -0.05) is 0 Å². The monoisotopic (exact) mass is 204 g/mol. The summed E-state index contributed by atoms with van der Waals surface area (Å²) in [6.45, 7) is 0.976. The molecule has 6 nitrogen and oxygen atoms in total. The summed E-state index contributed by atoms with van der Waals surface area (Å²) in [5.41, 5.74) is 0. The minimum absolute atomic E-state index is 0.0493. The number of aliphatic hydroxyl groups is 3. The first-order chi connectivity index (χ1) is 6.56. The second-order valence-electron chi connectivity index (χ2n) is 3.18. The van der Waals surface area contributed by atoms with Crippen molar-refractivity contribution in [2.45, 2.75) is 25.2 Å². The zero-order valence-electron chi connectivity index (χ0n) is 7.80. The Labute approximate surface area is 81.5 Å². The molecule has 0 aliphatic carbocycles. The largest absolute Gasteiger partial charge is 0.394 e. The Morgan fingerprint density at radius 1 is 1.71 bits per heavy atom. The van der Waals surface area contributed by atoms with Crippen molar-refractivity contribution in [1.82, 2.24) is 5.32 Å². The molecular formula is C8H14NO5. The number of aliphatic hydroxyl groups excluding tert-OH is 3. The van der Waals surface area contributed by atoms with Crippen molar-refractivity contribution in [2.24, 2.45) is 0 Å². The quantitative estimate of drug-likeness (QED) is 0.423. The Bertz CT molecular complexity index is 210. The molecule has 0 spiro atoms. The smallest absolute Gasteiger partial charge is 0.217 e. The second-order valence-corrected chi connectivity index (χ2v) is 3.18. The van der Waals surface area contributed by atoms with Gasteiger partial charge in [0.05, 0.1) is 19.3 Å². The molecule has 0 aromatic carbocycles. The molecule has 1 rings (SSSR count). The van der Waals surface area contributed by atoms with Gasteiger partial charge in [0.25, 0.3) is 0 Å². The first-order valence-corrected chi connectivity index (χ1v) is 4.29. The molecule has 0 aromatic heterocycles. The van der Waals surface area contributed by atoms with Crippen LogP contribution in [0.15, 0.2) is 0 Å². The summed E-state index contributed by atoms with van der Waals surface area (Å²) < 4.78 is 5.03. The van der Waals surface area contributed by atoms with E-state index in [-0.39, 0.29) is 25.2 Å². The lowest BCUT2D eigenvalue weighted by molar-refractivity contribution is -0.134. The first kappa shape index (κ1) is 11.4. The van der Waals surface area contributed by atoms with Crippen molar-refractivity contribution in [3.63, 3.8) is 0 Å². The van der Waals surface area contributed by atoms with Crippen LogP contribution in [-0.4, -0.2) is 52.7 Å². The Balaban J connectivity index is 2.54. The summed E-state index contributed by atoms with van der Waals surface area (Å²) in [4.78, 5) is 10.7. The van der Waals surface area contributed by atoms with E-state index in [2.05, 4.69) is 5.32 Å². The van der Waals surface area contributed by atoms with Gasteiger partial charge in [-0.3, -0.25) is 4.79 Å². The molecule has 0 bridgehead atoms. The molecule has 0 unspecified atom stereocenters. The minimum atomic E-state index is -1.26. The molecule has 1 saturated heterocycles. The van der Waals surface area contributed by atoms with Gasteiger partial charge in [-0.2, -0.15) is 0 Å². The fourth-order valence-electron chi connectivity index (χ4n) is 1.31. The van der Waals surface area contributed by atoms with Gasteiger partial charge < -0.3 is 25.4 Å². The Morgan fingerprint density at radius 3 is 2.86 bits per heavy atom. The third kappa shape index (κ3) is 2.42. The number of ether oxygens (including phenoxy) is 1. The molecule has 81 valence electrons. The number of hydrogen-bond acceptors (Lipinski definition) is 5. The molecule has 1 heterocycles. The summed E-state index contributed by atoms with van der Waals surface area (Å²) in [5.74, 6) is -0.320. The van der Waals surface area contributed by atoms with Gasteiger partial charge in [0, 0.05) is 6.92 Å². The van der Waals surface area contributed by atoms with E-state index in [0.29, 0.717) is 0 Å². The second kappa shape index (κ2) is 4.70. The summed E-state index contributed by atoms with van der Waals surface area (Å²) in [6, 6.07) is -0.703. The van der Waals surface area contributed by atoms with E-state index in [9.17, 15) is 15.0 Å². The van der Waals surface area contributed by atoms with E-state index in [4.69, 9.17) is 9.84 Å². The molecule has 3 atom stereocenters. The van der Waals surface area contributed by atoms with Gasteiger partial charge in [-0.15, -0.1) is 0 Å². The number of carbonyl (C=O) groups excluding carboxylic acids is 1. The molecule has 1 fully saturated rings. The number of nitrogens with one attached hydrogen (secondary N) is 1. The van der Waals surface area contributed by atoms with Crippen molar-refractivity contribution < 1.29 is 24.9 Å². The van der Waals surface area contributed by atoms with Crippen molar-refractivity contribution in [1.29, 1.82) is 0 Å². The maximum Gasteiger partial charge on any atom is 0.217 e. The molecule has 1 aliphatic heterocycles. The van der Waals surface area contributed by atoms with E-state index >= 15 is 0 Å². The van der Waals surface area contributed by atoms with Gasteiger partial charge >= 0.3 is 0 Å². The lowest BCUT2D eigenvalue weighted by atomic mass is 9.98. The van der Waals surface area contributed by atoms with Crippen LogP contribution < -0.4 is 5.32 Å². The van der Waals surface area contributed by atoms with Gasteiger partial charge in [0.15, 0.2) is 0 Å². The minimum Gasteiger partial charge on any atom is -0.394 e. The number of hydrogen-bond donors (Lipinski definition) is 4. The molecule has 0 aromatic rings. The summed E-state index contributed by atoms with van der Waals surface area (Å²) in [5, 5.41) is 30.0. The van der Waals surface area contributed by atoms with Crippen LogP contribution in [0.4, 0.5) is 0 Å². The lowest BCUT2D eigenvalue weighted by Crippen LogP contribution is -2.55. The average Bonchev–Trinajstić information content (AvgIpc) is 2.13. The van der Waals surface area contributed by atoms with Crippen molar-refractivity contribution in [3.05, 3.63) is 6.10 Å². The van der Waals surface area contributed by atoms with E-state index in [1.54, 1.807) is 0 Å². The third-order valence-corrected chi connectivity index (χ3v) is 2.05. The Kier molecular flexibility index (Phi) is 3.82. The van der Waals surface area contributed by atoms with Gasteiger partial charge in [-0.25, -0.2) is 0 Å². The number of carbonyl (C=O) groups is 1. The Morgan fingerprint density at radius 2 is 2.36 bits per heavy atom. The highest BCUT2D eigenvalue weighted by molar-refractivity contribution is 5.73. The van der Waals surface area contributed by atoms with Crippen LogP contribution in [0.3, 0.4) is 0 Å². The van der Waals surface area contributed by atoms with Crippen molar-refractivity contribution >= 4 is 5.91 Å². The van der Waals surface area contributed by atoms with Crippen LogP contribution in [0.1, 0.15) is 6.92 Å². The highest BCUT2D eigenvalue weighted by Gasteiger charge is 2.39.